The van der Waals surface area contributed by atoms with Gasteiger partial charge in [0, 0.05) is 0 Å². The molecule has 0 amide bonds. The van der Waals surface area contributed by atoms with Crippen LogP contribution in [-0.2, 0) is 0 Å². The van der Waals surface area contributed by atoms with Crippen molar-refractivity contribution in [2.75, 3.05) is 0 Å². The second-order valence-electron chi connectivity index (χ2n) is 4.94. The summed E-state index contributed by atoms with van der Waals surface area (Å²) in [6.45, 7) is 17.5. The molecule has 0 aliphatic rings. The van der Waals surface area contributed by atoms with Crippen LogP contribution in [0.1, 0.15) is 60.8 Å². The fourth-order valence-corrected chi connectivity index (χ4v) is 1.99. The highest BCUT2D eigenvalue weighted by atomic mass is 14.2. The van der Waals surface area contributed by atoms with E-state index in [2.05, 4.69) is 48.1 Å². The summed E-state index contributed by atoms with van der Waals surface area (Å²) in [7, 11) is 0. The van der Waals surface area contributed by atoms with Crippen molar-refractivity contribution in [3.63, 3.8) is 0 Å². The van der Waals surface area contributed by atoms with Crippen LogP contribution in [0.4, 0.5) is 0 Å². The first-order valence-corrected chi connectivity index (χ1v) is 6.26. The highest BCUT2D eigenvalue weighted by Gasteiger charge is 2.14. The van der Waals surface area contributed by atoms with E-state index in [9.17, 15) is 0 Å². The molecule has 0 saturated carbocycles. The SMILES string of the molecule is C=C(C)C(C)=C(C)CC(CC)C(C)CC. The van der Waals surface area contributed by atoms with Gasteiger partial charge in [0.05, 0.1) is 0 Å². The Labute approximate surface area is 96.5 Å². The van der Waals surface area contributed by atoms with E-state index < -0.39 is 0 Å². The lowest BCUT2D eigenvalue weighted by molar-refractivity contribution is 0.335. The molecule has 0 N–H and O–H groups in total. The zero-order chi connectivity index (χ0) is 12.0. The van der Waals surface area contributed by atoms with Crippen LogP contribution in [0.25, 0.3) is 0 Å². The Balaban J connectivity index is 4.55. The zero-order valence-corrected chi connectivity index (χ0v) is 11.5. The lowest BCUT2D eigenvalue weighted by atomic mass is 9.83. The molecular formula is C15H28. The summed E-state index contributed by atoms with van der Waals surface area (Å²) in [6.07, 6.45) is 3.82. The maximum absolute atomic E-state index is 4.02. The summed E-state index contributed by atoms with van der Waals surface area (Å²) in [5.74, 6) is 1.67. The molecule has 0 heteroatoms. The van der Waals surface area contributed by atoms with E-state index >= 15 is 0 Å². The van der Waals surface area contributed by atoms with E-state index in [0.717, 1.165) is 11.8 Å². The van der Waals surface area contributed by atoms with Gasteiger partial charge in [0.15, 0.2) is 0 Å². The molecule has 0 fully saturated rings. The first-order valence-electron chi connectivity index (χ1n) is 6.26. The van der Waals surface area contributed by atoms with E-state index in [-0.39, 0.29) is 0 Å². The molecular weight excluding hydrogens is 180 g/mol. The van der Waals surface area contributed by atoms with Crippen LogP contribution in [0.5, 0.6) is 0 Å². The van der Waals surface area contributed by atoms with Crippen molar-refractivity contribution in [3.05, 3.63) is 23.3 Å². The smallest absolute Gasteiger partial charge is 0.0286 e. The van der Waals surface area contributed by atoms with Gasteiger partial charge in [-0.3, -0.25) is 0 Å². The van der Waals surface area contributed by atoms with Crippen LogP contribution in [0, 0.1) is 11.8 Å². The minimum atomic E-state index is 0.836. The molecule has 0 spiro atoms. The minimum Gasteiger partial charge on any atom is -0.0959 e. The fraction of sp³-hybridized carbons (Fsp3) is 0.733. The van der Waals surface area contributed by atoms with Gasteiger partial charge < -0.3 is 0 Å². The molecule has 0 nitrogen and oxygen atoms in total. The van der Waals surface area contributed by atoms with Crippen molar-refractivity contribution in [1.29, 1.82) is 0 Å². The van der Waals surface area contributed by atoms with Crippen molar-refractivity contribution < 1.29 is 0 Å². The van der Waals surface area contributed by atoms with Crippen molar-refractivity contribution in [1.82, 2.24) is 0 Å². The van der Waals surface area contributed by atoms with Gasteiger partial charge in [0.1, 0.15) is 0 Å². The molecule has 2 unspecified atom stereocenters. The molecule has 0 aliphatic carbocycles. The molecule has 15 heavy (non-hydrogen) atoms. The largest absolute Gasteiger partial charge is 0.0959 e. The average molecular weight is 208 g/mol. The highest BCUT2D eigenvalue weighted by Crippen LogP contribution is 2.28. The predicted octanol–water partition coefficient (Wildman–Crippen LogP) is 5.36. The maximum atomic E-state index is 4.02. The Hall–Kier alpha value is -0.520. The van der Waals surface area contributed by atoms with E-state index in [4.69, 9.17) is 0 Å². The number of hydrogen-bond donors (Lipinski definition) is 0. The maximum Gasteiger partial charge on any atom is -0.0286 e. The molecule has 0 bridgehead atoms. The van der Waals surface area contributed by atoms with Crippen molar-refractivity contribution in [2.45, 2.75) is 60.8 Å². The summed E-state index contributed by atoms with van der Waals surface area (Å²) in [4.78, 5) is 0. The van der Waals surface area contributed by atoms with Crippen LogP contribution >= 0.6 is 0 Å². The summed E-state index contributed by atoms with van der Waals surface area (Å²) in [5, 5.41) is 0. The molecule has 2 atom stereocenters. The van der Waals surface area contributed by atoms with Gasteiger partial charge in [0.25, 0.3) is 0 Å². The lowest BCUT2D eigenvalue weighted by Crippen LogP contribution is -2.11. The molecule has 88 valence electrons. The number of hydrogen-bond acceptors (Lipinski definition) is 0. The molecule has 0 saturated heterocycles. The van der Waals surface area contributed by atoms with Crippen molar-refractivity contribution in [2.24, 2.45) is 11.8 Å². The van der Waals surface area contributed by atoms with Gasteiger partial charge in [0.2, 0.25) is 0 Å². The van der Waals surface area contributed by atoms with Crippen LogP contribution in [0.15, 0.2) is 23.3 Å². The lowest BCUT2D eigenvalue weighted by Gasteiger charge is -2.22. The minimum absolute atomic E-state index is 0.836. The normalized spacial score (nSPS) is 16.9. The van der Waals surface area contributed by atoms with Crippen LogP contribution in [-0.4, -0.2) is 0 Å². The Morgan fingerprint density at radius 1 is 1.07 bits per heavy atom. The van der Waals surface area contributed by atoms with E-state index in [1.807, 2.05) is 0 Å². The van der Waals surface area contributed by atoms with E-state index in [0.29, 0.717) is 0 Å². The number of rotatable bonds is 6. The Morgan fingerprint density at radius 2 is 1.60 bits per heavy atom. The van der Waals surface area contributed by atoms with Gasteiger partial charge in [-0.15, -0.1) is 0 Å². The Bertz CT molecular complexity index is 232. The summed E-state index contributed by atoms with van der Waals surface area (Å²) in [6, 6.07) is 0. The monoisotopic (exact) mass is 208 g/mol. The third-order valence-corrected chi connectivity index (χ3v) is 3.82. The van der Waals surface area contributed by atoms with Crippen molar-refractivity contribution in [3.8, 4) is 0 Å². The molecule has 0 rings (SSSR count). The second-order valence-corrected chi connectivity index (χ2v) is 4.94. The first-order chi connectivity index (χ1) is 6.93. The molecule has 0 radical (unpaired) electrons. The van der Waals surface area contributed by atoms with Gasteiger partial charge in [-0.1, -0.05) is 51.3 Å². The van der Waals surface area contributed by atoms with Gasteiger partial charge in [-0.05, 0) is 44.6 Å². The van der Waals surface area contributed by atoms with Gasteiger partial charge in [-0.2, -0.15) is 0 Å². The standard InChI is InChI=1S/C15H28/c1-8-12(5)15(9-2)10-13(6)14(7)11(3)4/h12,15H,3,8-10H2,1-2,4-7H3. The Morgan fingerprint density at radius 3 is 1.93 bits per heavy atom. The predicted molar refractivity (Wildman–Crippen MR) is 71.0 cm³/mol. The summed E-state index contributed by atoms with van der Waals surface area (Å²) >= 11 is 0. The topological polar surface area (TPSA) is 0 Å². The zero-order valence-electron chi connectivity index (χ0n) is 11.5. The highest BCUT2D eigenvalue weighted by molar-refractivity contribution is 5.28. The summed E-state index contributed by atoms with van der Waals surface area (Å²) in [5.41, 5.74) is 4.14. The molecule has 0 aliphatic heterocycles. The molecule has 0 aromatic rings. The van der Waals surface area contributed by atoms with Crippen LogP contribution < -0.4 is 0 Å². The van der Waals surface area contributed by atoms with Crippen molar-refractivity contribution >= 4 is 0 Å². The average Bonchev–Trinajstić information content (AvgIpc) is 2.22. The third kappa shape index (κ3) is 4.68. The molecule has 0 aromatic carbocycles. The summed E-state index contributed by atoms with van der Waals surface area (Å²) < 4.78 is 0. The van der Waals surface area contributed by atoms with E-state index in [1.165, 1.54) is 36.0 Å². The van der Waals surface area contributed by atoms with E-state index in [1.54, 1.807) is 0 Å². The molecule has 0 aromatic heterocycles. The third-order valence-electron chi connectivity index (χ3n) is 3.82. The van der Waals surface area contributed by atoms with Crippen LogP contribution in [0.2, 0.25) is 0 Å². The quantitative estimate of drug-likeness (QED) is 0.515. The molecule has 0 heterocycles. The van der Waals surface area contributed by atoms with Crippen LogP contribution in [0.3, 0.4) is 0 Å². The number of allylic oxidation sites excluding steroid dienone is 3. The Kier molecular flexibility index (Phi) is 6.63. The second kappa shape index (κ2) is 6.87. The van der Waals surface area contributed by atoms with Gasteiger partial charge >= 0.3 is 0 Å². The first kappa shape index (κ1) is 14.5. The van der Waals surface area contributed by atoms with Gasteiger partial charge in [-0.25, -0.2) is 0 Å². The fourth-order valence-electron chi connectivity index (χ4n) is 1.99.